The number of aromatic nitrogens is 3. The lowest BCUT2D eigenvalue weighted by atomic mass is 10.2. The van der Waals surface area contributed by atoms with Crippen LogP contribution in [0.5, 0.6) is 0 Å². The van der Waals surface area contributed by atoms with Crippen LogP contribution in [-0.4, -0.2) is 14.5 Å². The zero-order chi connectivity index (χ0) is 14.8. The summed E-state index contributed by atoms with van der Waals surface area (Å²) in [5, 5.41) is 4.07. The van der Waals surface area contributed by atoms with Crippen LogP contribution >= 0.6 is 15.9 Å². The number of pyridine rings is 1. The van der Waals surface area contributed by atoms with Gasteiger partial charge in [0.05, 0.1) is 17.7 Å². The van der Waals surface area contributed by atoms with Crippen LogP contribution in [0.25, 0.3) is 10.9 Å². The molecule has 2 aromatic heterocycles. The van der Waals surface area contributed by atoms with E-state index >= 15 is 0 Å². The van der Waals surface area contributed by atoms with Crippen LogP contribution in [0.3, 0.4) is 0 Å². The van der Waals surface area contributed by atoms with E-state index in [9.17, 15) is 8.78 Å². The molecule has 1 aromatic carbocycles. The molecule has 0 spiro atoms. The van der Waals surface area contributed by atoms with Crippen LogP contribution in [0.15, 0.2) is 47.3 Å². The fourth-order valence-electron chi connectivity index (χ4n) is 2.11. The Bertz CT molecular complexity index is 773. The Morgan fingerprint density at radius 1 is 1.29 bits per heavy atom. The highest BCUT2D eigenvalue weighted by Gasteiger charge is 2.11. The number of hydrogen-bond donors (Lipinski definition) is 1. The van der Waals surface area contributed by atoms with Gasteiger partial charge in [0.25, 0.3) is 0 Å². The van der Waals surface area contributed by atoms with Crippen molar-refractivity contribution in [3.63, 3.8) is 0 Å². The second-order valence-corrected chi connectivity index (χ2v) is 5.33. The van der Waals surface area contributed by atoms with Crippen molar-refractivity contribution in [2.75, 3.05) is 5.32 Å². The van der Waals surface area contributed by atoms with Crippen LogP contribution in [-0.2, 0) is 6.54 Å². The van der Waals surface area contributed by atoms with E-state index in [0.29, 0.717) is 0 Å². The van der Waals surface area contributed by atoms with Gasteiger partial charge in [-0.15, -0.1) is 0 Å². The van der Waals surface area contributed by atoms with Gasteiger partial charge in [0.1, 0.15) is 5.82 Å². The number of alkyl halides is 2. The Labute approximate surface area is 128 Å². The Balaban J connectivity index is 1.87. The van der Waals surface area contributed by atoms with Gasteiger partial charge in [0.2, 0.25) is 0 Å². The number of fused-ring (bicyclic) bond motifs is 1. The van der Waals surface area contributed by atoms with E-state index < -0.39 is 6.55 Å². The first-order valence-corrected chi connectivity index (χ1v) is 7.02. The molecule has 0 radical (unpaired) electrons. The lowest BCUT2D eigenvalue weighted by Crippen LogP contribution is -2.09. The predicted octanol–water partition coefficient (Wildman–Crippen LogP) is 4.20. The van der Waals surface area contributed by atoms with Crippen LogP contribution < -0.4 is 5.32 Å². The topological polar surface area (TPSA) is 42.7 Å². The minimum atomic E-state index is -2.59. The van der Waals surface area contributed by atoms with Gasteiger partial charge in [0, 0.05) is 28.4 Å². The third-order valence-corrected chi connectivity index (χ3v) is 3.51. The van der Waals surface area contributed by atoms with Crippen molar-refractivity contribution in [1.82, 2.24) is 14.5 Å². The summed E-state index contributed by atoms with van der Waals surface area (Å²) in [4.78, 5) is 8.29. The first kappa shape index (κ1) is 13.9. The number of anilines is 1. The number of halogens is 3. The molecule has 0 aliphatic heterocycles. The maximum atomic E-state index is 12.8. The SMILES string of the molecule is FC(F)n1ccnc1CNc1cccc2cc(Br)cnc12. The van der Waals surface area contributed by atoms with Crippen molar-refractivity contribution < 1.29 is 8.78 Å². The summed E-state index contributed by atoms with van der Waals surface area (Å²) < 4.78 is 27.2. The minimum absolute atomic E-state index is 0.203. The molecule has 0 amide bonds. The predicted molar refractivity (Wildman–Crippen MR) is 80.2 cm³/mol. The smallest absolute Gasteiger partial charge is 0.319 e. The number of imidazole rings is 1. The molecule has 21 heavy (non-hydrogen) atoms. The molecule has 108 valence electrons. The number of nitrogens with one attached hydrogen (secondary N) is 1. The summed E-state index contributed by atoms with van der Waals surface area (Å²) >= 11 is 3.37. The molecule has 1 N–H and O–H groups in total. The lowest BCUT2D eigenvalue weighted by molar-refractivity contribution is 0.0673. The molecule has 0 aliphatic carbocycles. The second kappa shape index (κ2) is 5.77. The number of rotatable bonds is 4. The van der Waals surface area contributed by atoms with Crippen molar-refractivity contribution >= 4 is 32.5 Å². The minimum Gasteiger partial charge on any atom is -0.376 e. The molecule has 2 heterocycles. The van der Waals surface area contributed by atoms with Gasteiger partial charge in [-0.3, -0.25) is 9.55 Å². The van der Waals surface area contributed by atoms with Crippen LogP contribution in [0, 0.1) is 0 Å². The van der Waals surface area contributed by atoms with Gasteiger partial charge in [-0.05, 0) is 28.1 Å². The van der Waals surface area contributed by atoms with Crippen LogP contribution in [0.4, 0.5) is 14.5 Å². The molecule has 7 heteroatoms. The standard InChI is InChI=1S/C14H11BrF2N4/c15-10-6-9-2-1-3-11(13(9)20-7-10)19-8-12-18-4-5-21(12)14(16)17/h1-7,14,19H,8H2. The fourth-order valence-corrected chi connectivity index (χ4v) is 2.46. The number of hydrogen-bond acceptors (Lipinski definition) is 3. The Morgan fingerprint density at radius 2 is 2.14 bits per heavy atom. The highest BCUT2D eigenvalue weighted by atomic mass is 79.9. The van der Waals surface area contributed by atoms with E-state index in [-0.39, 0.29) is 12.4 Å². The molecule has 3 aromatic rings. The molecule has 0 aliphatic rings. The third kappa shape index (κ3) is 2.87. The molecule has 4 nitrogen and oxygen atoms in total. The third-order valence-electron chi connectivity index (χ3n) is 3.07. The molecule has 0 atom stereocenters. The van der Waals surface area contributed by atoms with Gasteiger partial charge in [-0.25, -0.2) is 4.98 Å². The summed E-state index contributed by atoms with van der Waals surface area (Å²) in [5.41, 5.74) is 1.57. The average Bonchev–Trinajstić information content (AvgIpc) is 2.93. The van der Waals surface area contributed by atoms with E-state index in [1.807, 2.05) is 24.3 Å². The first-order chi connectivity index (χ1) is 10.1. The van der Waals surface area contributed by atoms with Crippen molar-refractivity contribution in [1.29, 1.82) is 0 Å². The number of para-hydroxylation sites is 1. The molecular weight excluding hydrogens is 342 g/mol. The van der Waals surface area contributed by atoms with Gasteiger partial charge in [-0.1, -0.05) is 12.1 Å². The van der Waals surface area contributed by atoms with Crippen molar-refractivity contribution in [2.24, 2.45) is 0 Å². The Kier molecular flexibility index (Phi) is 3.83. The summed E-state index contributed by atoms with van der Waals surface area (Å²) in [6.07, 6.45) is 4.33. The number of nitrogens with zero attached hydrogens (tertiary/aromatic N) is 3. The maximum Gasteiger partial charge on any atom is 0.319 e. The summed E-state index contributed by atoms with van der Waals surface area (Å²) in [7, 11) is 0. The van der Waals surface area contributed by atoms with Crippen molar-refractivity contribution in [3.05, 3.63) is 53.2 Å². The van der Waals surface area contributed by atoms with Gasteiger partial charge in [0.15, 0.2) is 0 Å². The highest BCUT2D eigenvalue weighted by Crippen LogP contribution is 2.24. The highest BCUT2D eigenvalue weighted by molar-refractivity contribution is 9.10. The van der Waals surface area contributed by atoms with E-state index in [1.165, 1.54) is 12.4 Å². The van der Waals surface area contributed by atoms with Gasteiger partial charge < -0.3 is 5.32 Å². The van der Waals surface area contributed by atoms with Gasteiger partial charge in [-0.2, -0.15) is 8.78 Å². The molecule has 0 fully saturated rings. The van der Waals surface area contributed by atoms with Crippen LogP contribution in [0.2, 0.25) is 0 Å². The molecule has 0 unspecified atom stereocenters. The molecular formula is C14H11BrF2N4. The largest absolute Gasteiger partial charge is 0.376 e. The van der Waals surface area contributed by atoms with E-state index in [4.69, 9.17) is 0 Å². The van der Waals surface area contributed by atoms with Crippen molar-refractivity contribution in [2.45, 2.75) is 13.1 Å². The zero-order valence-corrected chi connectivity index (χ0v) is 12.4. The Morgan fingerprint density at radius 3 is 2.95 bits per heavy atom. The Hall–Kier alpha value is -2.02. The molecule has 3 rings (SSSR count). The fraction of sp³-hybridized carbons (Fsp3) is 0.143. The average molecular weight is 353 g/mol. The van der Waals surface area contributed by atoms with Crippen molar-refractivity contribution in [3.8, 4) is 0 Å². The van der Waals surface area contributed by atoms with E-state index in [2.05, 4.69) is 31.2 Å². The van der Waals surface area contributed by atoms with Crippen LogP contribution in [0.1, 0.15) is 12.4 Å². The number of benzene rings is 1. The first-order valence-electron chi connectivity index (χ1n) is 6.23. The normalized spacial score (nSPS) is 11.2. The van der Waals surface area contributed by atoms with E-state index in [1.54, 1.807) is 6.20 Å². The monoisotopic (exact) mass is 352 g/mol. The zero-order valence-electron chi connectivity index (χ0n) is 10.8. The summed E-state index contributed by atoms with van der Waals surface area (Å²) in [6.45, 7) is -2.39. The summed E-state index contributed by atoms with van der Waals surface area (Å²) in [5.74, 6) is 0.277. The second-order valence-electron chi connectivity index (χ2n) is 4.41. The molecule has 0 bridgehead atoms. The molecule has 0 saturated heterocycles. The molecule has 0 saturated carbocycles. The quantitative estimate of drug-likeness (QED) is 0.765. The van der Waals surface area contributed by atoms with E-state index in [0.717, 1.165) is 25.6 Å². The lowest BCUT2D eigenvalue weighted by Gasteiger charge is -2.10. The summed E-state index contributed by atoms with van der Waals surface area (Å²) in [6, 6.07) is 7.64. The van der Waals surface area contributed by atoms with Gasteiger partial charge >= 0.3 is 6.55 Å². The maximum absolute atomic E-state index is 12.8.